The molecule has 2 rings (SSSR count). The molecule has 120 valence electrons. The Hall–Kier alpha value is -0.840. The average molecular weight is 468 g/mol. The van der Waals surface area contributed by atoms with Gasteiger partial charge < -0.3 is 11.5 Å². The maximum atomic E-state index is 7.28. The minimum absolute atomic E-state index is 0. The first-order chi connectivity index (χ1) is 9.56. The number of para-hydroxylation sites is 2. The molecule has 10 heteroatoms. The molecule has 0 saturated carbocycles. The third-order valence-corrected chi connectivity index (χ3v) is 3.91. The predicted octanol–water partition coefficient (Wildman–Crippen LogP) is 3.04. The molecule has 0 atom stereocenters. The second-order valence-electron chi connectivity index (χ2n) is 3.91. The second kappa shape index (κ2) is 10.0. The fourth-order valence-corrected chi connectivity index (χ4v) is 2.64. The zero-order chi connectivity index (χ0) is 14.5. The molecule has 0 amide bonds. The van der Waals surface area contributed by atoms with Gasteiger partial charge in [0.2, 0.25) is 0 Å². The number of nitrogens with zero attached hydrogens (tertiary/aromatic N) is 2. The normalized spacial score (nSPS) is 9.64. The van der Waals surface area contributed by atoms with Crippen LogP contribution in [0.1, 0.15) is 11.4 Å². The Balaban J connectivity index is 0.00000220. The van der Waals surface area contributed by atoms with Crippen LogP contribution in [0.4, 0.5) is 0 Å². The lowest BCUT2D eigenvalue weighted by atomic mass is 10.2. The largest absolute Gasteiger partial charge is 0.379 e. The quantitative estimate of drug-likeness (QED) is 0.404. The van der Waals surface area contributed by atoms with Gasteiger partial charge in [0.05, 0.1) is 22.4 Å². The molecule has 0 spiro atoms. The molecule has 1 aromatic carbocycles. The van der Waals surface area contributed by atoms with Crippen molar-refractivity contribution in [1.29, 1.82) is 10.8 Å². The zero-order valence-electron chi connectivity index (χ0n) is 11.4. The van der Waals surface area contributed by atoms with Crippen molar-refractivity contribution in [2.45, 2.75) is 11.5 Å². The topological polar surface area (TPSA) is 126 Å². The number of nitrogens with one attached hydrogen (secondary N) is 2. The van der Waals surface area contributed by atoms with Crippen molar-refractivity contribution in [1.82, 2.24) is 9.97 Å². The van der Waals surface area contributed by atoms with E-state index in [1.807, 2.05) is 24.3 Å². The summed E-state index contributed by atoms with van der Waals surface area (Å²) in [5, 5.41) is 14.7. The number of fused-ring (bicyclic) bond motifs is 1. The number of thioether (sulfide) groups is 2. The molecule has 6 nitrogen and oxygen atoms in total. The van der Waals surface area contributed by atoms with E-state index in [9.17, 15) is 0 Å². The maximum absolute atomic E-state index is 7.28. The molecular weight excluding hydrogens is 452 g/mol. The van der Waals surface area contributed by atoms with Crippen LogP contribution >= 0.6 is 57.5 Å². The van der Waals surface area contributed by atoms with Crippen LogP contribution in [0.15, 0.2) is 24.3 Å². The van der Waals surface area contributed by atoms with Crippen LogP contribution in [0.5, 0.6) is 0 Å². The van der Waals surface area contributed by atoms with E-state index >= 15 is 0 Å². The maximum Gasteiger partial charge on any atom is 0.151 e. The fourth-order valence-electron chi connectivity index (χ4n) is 1.60. The summed E-state index contributed by atoms with van der Waals surface area (Å²) in [5.74, 6) is 0.974. The summed E-state index contributed by atoms with van der Waals surface area (Å²) in [6, 6.07) is 7.60. The van der Waals surface area contributed by atoms with Crippen molar-refractivity contribution < 1.29 is 0 Å². The first kappa shape index (κ1) is 21.2. The first-order valence-electron chi connectivity index (χ1n) is 5.74. The van der Waals surface area contributed by atoms with Gasteiger partial charge in [0.1, 0.15) is 0 Å². The minimum Gasteiger partial charge on any atom is -0.379 e. The predicted molar refractivity (Wildman–Crippen MR) is 107 cm³/mol. The van der Waals surface area contributed by atoms with Crippen LogP contribution in [-0.4, -0.2) is 20.3 Å². The number of hydrogen-bond donors (Lipinski definition) is 4. The van der Waals surface area contributed by atoms with Crippen LogP contribution in [0.3, 0.4) is 0 Å². The van der Waals surface area contributed by atoms with Gasteiger partial charge >= 0.3 is 0 Å². The Morgan fingerprint density at radius 1 is 0.864 bits per heavy atom. The van der Waals surface area contributed by atoms with Gasteiger partial charge in [-0.25, -0.2) is 9.97 Å². The van der Waals surface area contributed by atoms with Crippen LogP contribution in [0.2, 0.25) is 0 Å². The van der Waals surface area contributed by atoms with Crippen molar-refractivity contribution in [3.63, 3.8) is 0 Å². The number of hydrogen-bond acceptors (Lipinski definition) is 6. The number of rotatable bonds is 4. The molecule has 0 aliphatic heterocycles. The Labute approximate surface area is 157 Å². The smallest absolute Gasteiger partial charge is 0.151 e. The summed E-state index contributed by atoms with van der Waals surface area (Å²) in [6.45, 7) is 0. The molecule has 0 bridgehead atoms. The molecule has 0 saturated heterocycles. The van der Waals surface area contributed by atoms with Gasteiger partial charge in [-0.3, -0.25) is 10.8 Å². The Morgan fingerprint density at radius 3 is 1.55 bits per heavy atom. The second-order valence-corrected chi connectivity index (χ2v) is 5.95. The molecule has 0 aliphatic carbocycles. The van der Waals surface area contributed by atoms with E-state index < -0.39 is 0 Å². The summed E-state index contributed by atoms with van der Waals surface area (Å²) in [5.41, 5.74) is 13.9. The van der Waals surface area contributed by atoms with E-state index in [2.05, 4.69) is 9.97 Å². The summed E-state index contributed by atoms with van der Waals surface area (Å²) < 4.78 is 0. The van der Waals surface area contributed by atoms with Crippen molar-refractivity contribution in [2.75, 3.05) is 0 Å². The molecule has 1 heterocycles. The molecule has 1 aromatic heterocycles. The number of halogens is 2. The van der Waals surface area contributed by atoms with Gasteiger partial charge in [-0.05, 0) is 12.1 Å². The molecule has 0 radical (unpaired) electrons. The van der Waals surface area contributed by atoms with Gasteiger partial charge in [-0.2, -0.15) is 0 Å². The summed E-state index contributed by atoms with van der Waals surface area (Å²) in [6.07, 6.45) is 0. The fraction of sp³-hybridized carbons (Fsp3) is 0.167. The number of benzene rings is 1. The third kappa shape index (κ3) is 6.11. The van der Waals surface area contributed by atoms with Gasteiger partial charge in [-0.1, -0.05) is 35.7 Å². The molecule has 6 N–H and O–H groups in total. The molecule has 22 heavy (non-hydrogen) atoms. The van der Waals surface area contributed by atoms with Crippen LogP contribution in [0.25, 0.3) is 11.0 Å². The van der Waals surface area contributed by atoms with E-state index in [0.29, 0.717) is 11.5 Å². The van der Waals surface area contributed by atoms with E-state index in [0.717, 1.165) is 22.4 Å². The lowest BCUT2D eigenvalue weighted by Crippen LogP contribution is -2.08. The van der Waals surface area contributed by atoms with Gasteiger partial charge in [0, 0.05) is 11.5 Å². The number of nitrogens with two attached hydrogens (primary N) is 2. The molecule has 2 aromatic rings. The van der Waals surface area contributed by atoms with E-state index in [4.69, 9.17) is 22.3 Å². The lowest BCUT2D eigenvalue weighted by Gasteiger charge is -2.08. The van der Waals surface area contributed by atoms with Gasteiger partial charge in [0.25, 0.3) is 0 Å². The summed E-state index contributed by atoms with van der Waals surface area (Å²) >= 11 is 2.41. The SMILES string of the molecule is Br.Br.N=C(N)SCc1nc2ccccc2nc1CSC(=N)N. The lowest BCUT2D eigenvalue weighted by molar-refractivity contribution is 1.07. The third-order valence-electron chi connectivity index (χ3n) is 2.45. The Bertz CT molecular complexity index is 611. The van der Waals surface area contributed by atoms with Crippen molar-refractivity contribution >= 4 is 78.9 Å². The highest BCUT2D eigenvalue weighted by Gasteiger charge is 2.10. The van der Waals surface area contributed by atoms with Crippen molar-refractivity contribution in [3.05, 3.63) is 35.7 Å². The molecule has 0 unspecified atom stereocenters. The van der Waals surface area contributed by atoms with E-state index in [1.165, 1.54) is 23.5 Å². The average Bonchev–Trinajstić information content (AvgIpc) is 2.42. The standard InChI is InChI=1S/C12H14N6S2.2BrH/c13-11(14)19-5-9-10(6-20-12(15)16)18-8-4-2-1-3-7(8)17-9;;/h1-4H,5-6H2,(H3,13,14)(H3,15,16);2*1H. The van der Waals surface area contributed by atoms with Crippen LogP contribution < -0.4 is 11.5 Å². The summed E-state index contributed by atoms with van der Waals surface area (Å²) in [7, 11) is 0. The highest BCUT2D eigenvalue weighted by molar-refractivity contribution is 8.93. The minimum atomic E-state index is 0. The van der Waals surface area contributed by atoms with Crippen LogP contribution in [0, 0.1) is 10.8 Å². The Kier molecular flexibility index (Phi) is 9.65. The Morgan fingerprint density at radius 2 is 1.23 bits per heavy atom. The van der Waals surface area contributed by atoms with Gasteiger partial charge in [-0.15, -0.1) is 34.0 Å². The van der Waals surface area contributed by atoms with Crippen molar-refractivity contribution in [2.24, 2.45) is 11.5 Å². The van der Waals surface area contributed by atoms with E-state index in [-0.39, 0.29) is 44.3 Å². The van der Waals surface area contributed by atoms with E-state index in [1.54, 1.807) is 0 Å². The number of aromatic nitrogens is 2. The molecular formula is C12H16Br2N6S2. The monoisotopic (exact) mass is 466 g/mol. The first-order valence-corrected chi connectivity index (χ1v) is 7.71. The highest BCUT2D eigenvalue weighted by atomic mass is 79.9. The summed E-state index contributed by atoms with van der Waals surface area (Å²) in [4.78, 5) is 9.13. The highest BCUT2D eigenvalue weighted by Crippen LogP contribution is 2.21. The molecule has 0 fully saturated rings. The zero-order valence-corrected chi connectivity index (χ0v) is 16.5. The number of amidine groups is 2. The molecule has 0 aliphatic rings. The van der Waals surface area contributed by atoms with Gasteiger partial charge in [0.15, 0.2) is 10.3 Å². The van der Waals surface area contributed by atoms with Crippen LogP contribution in [-0.2, 0) is 11.5 Å². The van der Waals surface area contributed by atoms with Crippen molar-refractivity contribution in [3.8, 4) is 0 Å².